The van der Waals surface area contributed by atoms with E-state index in [1.165, 1.54) is 4.72 Å². The third-order valence-corrected chi connectivity index (χ3v) is 7.28. The van der Waals surface area contributed by atoms with Crippen LogP contribution in [-0.2, 0) is 49.2 Å². The molecule has 10 N–H and O–H groups in total. The van der Waals surface area contributed by atoms with E-state index in [1.807, 2.05) is 0 Å². The fraction of sp³-hybridized carbons (Fsp3) is 1.00. The second kappa shape index (κ2) is 10.6. The first-order valence-electron chi connectivity index (χ1n) is 9.08. The Labute approximate surface area is 197 Å². The molecule has 0 aromatic carbocycles. The number of aliphatic hydroxyl groups is 6. The van der Waals surface area contributed by atoms with Crippen LogP contribution in [0.3, 0.4) is 0 Å². The first kappa shape index (κ1) is 30.5. The number of rotatable bonds is 9. The van der Waals surface area contributed by atoms with E-state index >= 15 is 0 Å². The molecule has 2 aliphatic rings. The normalized spacial score (nSPS) is 41.6. The van der Waals surface area contributed by atoms with Crippen molar-refractivity contribution in [3.8, 4) is 0 Å². The molecule has 0 aromatic rings. The lowest BCUT2D eigenvalue weighted by atomic mass is 9.96. The van der Waals surface area contributed by atoms with Crippen molar-refractivity contribution in [2.75, 3.05) is 13.2 Å². The summed E-state index contributed by atoms with van der Waals surface area (Å²) >= 11 is 0. The first-order chi connectivity index (χ1) is 15.7. The van der Waals surface area contributed by atoms with E-state index in [0.717, 1.165) is 0 Å². The average Bonchev–Trinajstić information content (AvgIpc) is 2.69. The van der Waals surface area contributed by atoms with Crippen LogP contribution >= 0.6 is 0 Å². The van der Waals surface area contributed by atoms with Gasteiger partial charge in [-0.15, -0.1) is 0 Å². The van der Waals surface area contributed by atoms with Crippen LogP contribution in [0.4, 0.5) is 0 Å². The van der Waals surface area contributed by atoms with E-state index in [9.17, 15) is 60.4 Å². The first-order valence-corrected chi connectivity index (χ1v) is 13.3. The highest BCUT2D eigenvalue weighted by molar-refractivity contribution is 7.87. The Balaban J connectivity index is 2.45. The average molecular weight is 582 g/mol. The Kier molecular flexibility index (Phi) is 9.22. The summed E-state index contributed by atoms with van der Waals surface area (Å²) in [6, 6.07) is -2.21. The molecule has 208 valence electrons. The number of nitrogens with one attached hydrogen (secondary N) is 1. The zero-order chi connectivity index (χ0) is 27.1. The largest absolute Gasteiger partial charge is 0.397 e. The predicted molar refractivity (Wildman–Crippen MR) is 102 cm³/mol. The van der Waals surface area contributed by atoms with Gasteiger partial charge in [0.1, 0.15) is 42.7 Å². The fourth-order valence-corrected chi connectivity index (χ4v) is 4.95. The van der Waals surface area contributed by atoms with Gasteiger partial charge in [0.15, 0.2) is 6.29 Å². The fourth-order valence-electron chi connectivity index (χ4n) is 3.30. The van der Waals surface area contributed by atoms with Gasteiger partial charge in [-0.2, -0.15) is 30.0 Å². The van der Waals surface area contributed by atoms with E-state index in [1.54, 1.807) is 0 Å². The van der Waals surface area contributed by atoms with Crippen LogP contribution in [0.2, 0.25) is 0 Å². The molecule has 35 heavy (non-hydrogen) atoms. The second-order valence-corrected chi connectivity index (χ2v) is 11.2. The summed E-state index contributed by atoms with van der Waals surface area (Å²) in [6.45, 7) is -2.40. The molecular formula is C12H23NO19S3. The Morgan fingerprint density at radius 1 is 0.886 bits per heavy atom. The maximum Gasteiger partial charge on any atom is 0.397 e. The number of hydrogen-bond donors (Lipinski definition) is 10. The quantitative estimate of drug-likeness (QED) is 0.113. The van der Waals surface area contributed by atoms with Crippen molar-refractivity contribution in [1.82, 2.24) is 4.72 Å². The Morgan fingerprint density at radius 3 is 1.91 bits per heavy atom. The van der Waals surface area contributed by atoms with Crippen molar-refractivity contribution in [2.45, 2.75) is 60.2 Å². The summed E-state index contributed by atoms with van der Waals surface area (Å²) in [5.41, 5.74) is 0. The van der Waals surface area contributed by atoms with Crippen LogP contribution in [0.5, 0.6) is 0 Å². The highest BCUT2D eigenvalue weighted by Gasteiger charge is 2.64. The zero-order valence-corrected chi connectivity index (χ0v) is 19.4. The summed E-state index contributed by atoms with van der Waals surface area (Å²) < 4.78 is 115. The molecule has 0 saturated carbocycles. The molecule has 2 fully saturated rings. The van der Waals surface area contributed by atoms with Gasteiger partial charge < -0.3 is 44.8 Å². The van der Waals surface area contributed by atoms with Gasteiger partial charge in [0.05, 0.1) is 13.2 Å². The van der Waals surface area contributed by atoms with E-state index < -0.39 is 104 Å². The van der Waals surface area contributed by atoms with Gasteiger partial charge >= 0.3 is 30.8 Å². The van der Waals surface area contributed by atoms with E-state index in [0.29, 0.717) is 0 Å². The van der Waals surface area contributed by atoms with Gasteiger partial charge in [0.2, 0.25) is 6.29 Å². The van der Waals surface area contributed by atoms with Crippen LogP contribution in [0, 0.1) is 0 Å². The summed E-state index contributed by atoms with van der Waals surface area (Å²) in [4.78, 5) is -3.89. The minimum absolute atomic E-state index is 1.18. The van der Waals surface area contributed by atoms with E-state index in [-0.39, 0.29) is 0 Å². The molecule has 0 aromatic heterocycles. The SMILES string of the molecule is O=S(=O)(O)N[C@@H]1[C@H](O[C@@H]2[C@@H](CO)O[C@H](O)[C@@](O)(S(=O)(=O)O)[C@H]2O)O[C@H](COS(=O)(=O)O)[C@@H](O)[C@@H]1O. The molecule has 20 nitrogen and oxygen atoms in total. The lowest BCUT2D eigenvalue weighted by Crippen LogP contribution is -2.72. The molecule has 2 heterocycles. The monoisotopic (exact) mass is 581 g/mol. The molecule has 2 aliphatic heterocycles. The highest BCUT2D eigenvalue weighted by atomic mass is 32.3. The van der Waals surface area contributed by atoms with Crippen LogP contribution in [0.15, 0.2) is 0 Å². The minimum atomic E-state index is -5.75. The van der Waals surface area contributed by atoms with E-state index in [2.05, 4.69) is 8.92 Å². The van der Waals surface area contributed by atoms with Gasteiger partial charge in [0, 0.05) is 0 Å². The third-order valence-electron chi connectivity index (χ3n) is 5.01. The smallest absolute Gasteiger partial charge is 0.394 e. The predicted octanol–water partition coefficient (Wildman–Crippen LogP) is -6.95. The maximum atomic E-state index is 11.6. The third kappa shape index (κ3) is 6.79. The van der Waals surface area contributed by atoms with Gasteiger partial charge in [-0.3, -0.25) is 13.7 Å². The Morgan fingerprint density at radius 2 is 1.46 bits per heavy atom. The molecule has 0 radical (unpaired) electrons. The lowest BCUT2D eigenvalue weighted by molar-refractivity contribution is -0.348. The Bertz CT molecular complexity index is 1060. The summed E-state index contributed by atoms with van der Waals surface area (Å²) in [5.74, 6) is 0. The van der Waals surface area contributed by atoms with Crippen molar-refractivity contribution in [2.24, 2.45) is 0 Å². The molecular weight excluding hydrogens is 558 g/mol. The van der Waals surface area contributed by atoms with Crippen LogP contribution in [-0.4, -0.2) is 143 Å². The molecule has 23 heteroatoms. The summed E-state index contributed by atoms with van der Waals surface area (Å²) in [7, 11) is -16.1. The lowest BCUT2D eigenvalue weighted by Gasteiger charge is -2.48. The van der Waals surface area contributed by atoms with Gasteiger partial charge in [0.25, 0.3) is 4.93 Å². The number of ether oxygens (including phenoxy) is 3. The zero-order valence-electron chi connectivity index (χ0n) is 16.9. The van der Waals surface area contributed by atoms with Crippen molar-refractivity contribution in [3.05, 3.63) is 0 Å². The molecule has 10 atom stereocenters. The summed E-state index contributed by atoms with van der Waals surface area (Å²) in [6.07, 6.45) is -18.7. The standard InChI is InChI=1S/C12H23NO19S3/c14-1-3-8(9(17)12(19,11(18)31-3)33(20,21)22)32-10-5(13-34(23,24)25)7(16)6(15)4(30-10)2-29-35(26,27)28/h3-11,13-19H,1-2H2,(H,20,21,22)(H,23,24,25)(H,26,27,28)/t3-,4-,5+,6-,7-,8-,9+,10+,11+,12+/m1/s1. The summed E-state index contributed by atoms with van der Waals surface area (Å²) in [5, 5.41) is 60.2. The number of hydrogen-bond acceptors (Lipinski definition) is 16. The van der Waals surface area contributed by atoms with Gasteiger partial charge in [-0.25, -0.2) is 4.18 Å². The molecule has 0 spiro atoms. The topological polar surface area (TPSA) is 333 Å². The van der Waals surface area contributed by atoms with Gasteiger partial charge in [-0.1, -0.05) is 0 Å². The molecule has 0 aliphatic carbocycles. The van der Waals surface area contributed by atoms with Gasteiger partial charge in [-0.05, 0) is 0 Å². The highest BCUT2D eigenvalue weighted by Crippen LogP contribution is 2.36. The molecule has 2 saturated heterocycles. The van der Waals surface area contributed by atoms with Crippen LogP contribution in [0.1, 0.15) is 0 Å². The van der Waals surface area contributed by atoms with Crippen molar-refractivity contribution in [3.63, 3.8) is 0 Å². The molecule has 0 unspecified atom stereocenters. The molecule has 0 amide bonds. The second-order valence-electron chi connectivity index (χ2n) is 7.34. The van der Waals surface area contributed by atoms with Crippen LogP contribution < -0.4 is 4.72 Å². The maximum absolute atomic E-state index is 11.6. The minimum Gasteiger partial charge on any atom is -0.394 e. The molecule has 0 bridgehead atoms. The Hall–Kier alpha value is -0.710. The van der Waals surface area contributed by atoms with Crippen molar-refractivity contribution in [1.29, 1.82) is 0 Å². The molecule has 2 rings (SSSR count). The van der Waals surface area contributed by atoms with Crippen LogP contribution in [0.25, 0.3) is 0 Å². The van der Waals surface area contributed by atoms with Crippen molar-refractivity contribution >= 4 is 30.8 Å². The van der Waals surface area contributed by atoms with Crippen molar-refractivity contribution < 1.29 is 87.9 Å². The van der Waals surface area contributed by atoms with E-state index in [4.69, 9.17) is 18.6 Å². The number of aliphatic hydroxyl groups excluding tert-OH is 5.